The summed E-state index contributed by atoms with van der Waals surface area (Å²) in [6, 6.07) is 11.6. The van der Waals surface area contributed by atoms with Gasteiger partial charge in [-0.2, -0.15) is 0 Å². The Kier molecular flexibility index (Phi) is 6.09. The van der Waals surface area contributed by atoms with Gasteiger partial charge in [-0.25, -0.2) is 8.42 Å². The van der Waals surface area contributed by atoms with E-state index >= 15 is 0 Å². The average molecular weight is 471 g/mol. The molecule has 0 aliphatic carbocycles. The molecule has 8 nitrogen and oxygen atoms in total. The predicted octanol–water partition coefficient (Wildman–Crippen LogP) is 3.17. The maximum atomic E-state index is 13.1. The van der Waals surface area contributed by atoms with Crippen LogP contribution in [-0.2, 0) is 25.0 Å². The molecule has 2 N–H and O–H groups in total. The Hall–Kier alpha value is -3.07. The largest absolute Gasteiger partial charge is 0.361 e. The Bertz CT molecular complexity index is 1170. The molecule has 2 aliphatic rings. The Morgan fingerprint density at radius 3 is 2.27 bits per heavy atom. The lowest BCUT2D eigenvalue weighted by Gasteiger charge is -2.24. The molecule has 2 aliphatic heterocycles. The van der Waals surface area contributed by atoms with E-state index in [0.29, 0.717) is 24.5 Å². The lowest BCUT2D eigenvalue weighted by atomic mass is 9.87. The van der Waals surface area contributed by atoms with Gasteiger partial charge in [0.2, 0.25) is 11.8 Å². The molecule has 9 heteroatoms. The van der Waals surface area contributed by atoms with Gasteiger partial charge in [0, 0.05) is 49.0 Å². The van der Waals surface area contributed by atoms with Gasteiger partial charge in [0.25, 0.3) is 10.0 Å². The van der Waals surface area contributed by atoms with E-state index in [0.717, 1.165) is 37.2 Å². The quantitative estimate of drug-likeness (QED) is 0.676. The molecule has 0 spiro atoms. The van der Waals surface area contributed by atoms with Gasteiger partial charge in [-0.05, 0) is 60.9 Å². The number of amides is 2. The second kappa shape index (κ2) is 8.70. The molecule has 1 fully saturated rings. The van der Waals surface area contributed by atoms with Gasteiger partial charge >= 0.3 is 0 Å². The van der Waals surface area contributed by atoms with Crippen LogP contribution in [0.4, 0.5) is 17.1 Å². The van der Waals surface area contributed by atoms with Crippen LogP contribution < -0.4 is 14.9 Å². The number of benzene rings is 2. The molecule has 1 saturated heterocycles. The Morgan fingerprint density at radius 1 is 1.00 bits per heavy atom. The number of rotatable bonds is 6. The van der Waals surface area contributed by atoms with Crippen molar-refractivity contribution in [1.29, 1.82) is 0 Å². The molecule has 0 saturated carbocycles. The highest BCUT2D eigenvalue weighted by atomic mass is 32.2. The molecule has 0 aromatic heterocycles. The number of fused-ring (bicyclic) bond motifs is 1. The number of hydrogen-bond acceptors (Lipinski definition) is 5. The molecular weight excluding hydrogens is 440 g/mol. The summed E-state index contributed by atoms with van der Waals surface area (Å²) in [5.74, 6) is -0.0718. The lowest BCUT2D eigenvalue weighted by Crippen LogP contribution is -2.40. The minimum atomic E-state index is -3.81. The smallest absolute Gasteiger partial charge is 0.261 e. The van der Waals surface area contributed by atoms with Crippen molar-refractivity contribution >= 4 is 38.9 Å². The Balaban J connectivity index is 1.53. The van der Waals surface area contributed by atoms with E-state index in [1.807, 2.05) is 4.90 Å². The van der Waals surface area contributed by atoms with E-state index in [2.05, 4.69) is 28.8 Å². The minimum Gasteiger partial charge on any atom is -0.361 e. The van der Waals surface area contributed by atoms with Crippen molar-refractivity contribution in [3.05, 3.63) is 48.0 Å². The topological polar surface area (TPSA) is 98.8 Å². The number of anilines is 3. The van der Waals surface area contributed by atoms with E-state index in [-0.39, 0.29) is 22.1 Å². The standard InChI is InChI=1S/C24H30N4O4S/c1-17(29)25-18-6-8-19(9-7-18)26-33(31,32)20-10-11-22-21(14-20)24(2,3)16-28(22)15-23(30)27-12-4-5-13-27/h6-11,14,26H,4-5,12-13,15-16H2,1-3H3,(H,25,29). The zero-order valence-corrected chi connectivity index (χ0v) is 20.0. The van der Waals surface area contributed by atoms with Crippen molar-refractivity contribution < 1.29 is 18.0 Å². The predicted molar refractivity (Wildman–Crippen MR) is 129 cm³/mol. The van der Waals surface area contributed by atoms with E-state index < -0.39 is 10.0 Å². The summed E-state index contributed by atoms with van der Waals surface area (Å²) < 4.78 is 28.7. The molecular formula is C24H30N4O4S. The third-order valence-electron chi connectivity index (χ3n) is 6.18. The zero-order chi connectivity index (χ0) is 23.8. The first kappa shape index (κ1) is 23.1. The molecule has 4 rings (SSSR count). The van der Waals surface area contributed by atoms with E-state index in [4.69, 9.17) is 0 Å². The van der Waals surface area contributed by atoms with Crippen LogP contribution in [0.25, 0.3) is 0 Å². The van der Waals surface area contributed by atoms with E-state index in [1.54, 1.807) is 42.5 Å². The molecule has 33 heavy (non-hydrogen) atoms. The highest BCUT2D eigenvalue weighted by Gasteiger charge is 2.37. The second-order valence-electron chi connectivity index (χ2n) is 9.37. The van der Waals surface area contributed by atoms with Crippen LogP contribution in [0, 0.1) is 0 Å². The zero-order valence-electron chi connectivity index (χ0n) is 19.2. The normalized spacial score (nSPS) is 17.1. The third-order valence-corrected chi connectivity index (χ3v) is 7.56. The monoisotopic (exact) mass is 470 g/mol. The average Bonchev–Trinajstić information content (AvgIpc) is 3.36. The molecule has 0 radical (unpaired) electrons. The summed E-state index contributed by atoms with van der Waals surface area (Å²) in [5, 5.41) is 2.65. The maximum Gasteiger partial charge on any atom is 0.261 e. The first-order valence-corrected chi connectivity index (χ1v) is 12.6. The molecule has 176 valence electrons. The van der Waals surface area contributed by atoms with Crippen LogP contribution in [0.3, 0.4) is 0 Å². The van der Waals surface area contributed by atoms with Crippen LogP contribution in [0.5, 0.6) is 0 Å². The van der Waals surface area contributed by atoms with Gasteiger partial charge in [-0.1, -0.05) is 13.8 Å². The number of nitrogens with zero attached hydrogens (tertiary/aromatic N) is 2. The summed E-state index contributed by atoms with van der Waals surface area (Å²) in [6.45, 7) is 8.14. The van der Waals surface area contributed by atoms with Crippen molar-refractivity contribution in [3.63, 3.8) is 0 Å². The van der Waals surface area contributed by atoms with Gasteiger partial charge in [0.05, 0.1) is 11.4 Å². The summed E-state index contributed by atoms with van der Waals surface area (Å²) in [6.07, 6.45) is 2.11. The number of nitrogens with one attached hydrogen (secondary N) is 2. The van der Waals surface area contributed by atoms with Crippen molar-refractivity contribution in [2.75, 3.05) is 41.1 Å². The third kappa shape index (κ3) is 4.98. The summed E-state index contributed by atoms with van der Waals surface area (Å²) in [5.41, 5.74) is 2.54. The lowest BCUT2D eigenvalue weighted by molar-refractivity contribution is -0.128. The molecule has 0 unspecified atom stereocenters. The number of carbonyl (C=O) groups is 2. The fourth-order valence-corrected chi connectivity index (χ4v) is 5.64. The van der Waals surface area contributed by atoms with Crippen molar-refractivity contribution in [2.24, 2.45) is 0 Å². The van der Waals surface area contributed by atoms with Crippen LogP contribution in [0.1, 0.15) is 39.2 Å². The summed E-state index contributed by atoms with van der Waals surface area (Å²) >= 11 is 0. The Labute approximate surface area is 195 Å². The molecule has 2 aromatic rings. The highest BCUT2D eigenvalue weighted by molar-refractivity contribution is 7.92. The molecule has 2 amide bonds. The van der Waals surface area contributed by atoms with Crippen LogP contribution in [0.15, 0.2) is 47.4 Å². The molecule has 2 aromatic carbocycles. The Morgan fingerprint density at radius 2 is 1.64 bits per heavy atom. The van der Waals surface area contributed by atoms with Gasteiger partial charge < -0.3 is 15.1 Å². The first-order chi connectivity index (χ1) is 15.5. The van der Waals surface area contributed by atoms with Crippen molar-refractivity contribution in [3.8, 4) is 0 Å². The summed E-state index contributed by atoms with van der Waals surface area (Å²) in [4.78, 5) is 28.0. The number of carbonyl (C=O) groups excluding carboxylic acids is 2. The summed E-state index contributed by atoms with van der Waals surface area (Å²) in [7, 11) is -3.81. The number of likely N-dealkylation sites (tertiary alicyclic amines) is 1. The van der Waals surface area contributed by atoms with Gasteiger partial charge in [0.15, 0.2) is 0 Å². The van der Waals surface area contributed by atoms with Crippen LogP contribution in [0.2, 0.25) is 0 Å². The number of hydrogen-bond donors (Lipinski definition) is 2. The molecule has 2 heterocycles. The highest BCUT2D eigenvalue weighted by Crippen LogP contribution is 2.41. The number of sulfonamides is 1. The van der Waals surface area contributed by atoms with Gasteiger partial charge in [-0.3, -0.25) is 14.3 Å². The molecule has 0 atom stereocenters. The van der Waals surface area contributed by atoms with E-state index in [1.165, 1.54) is 6.92 Å². The van der Waals surface area contributed by atoms with Gasteiger partial charge in [-0.15, -0.1) is 0 Å². The fraction of sp³-hybridized carbons (Fsp3) is 0.417. The van der Waals surface area contributed by atoms with E-state index in [9.17, 15) is 18.0 Å². The van der Waals surface area contributed by atoms with Crippen molar-refractivity contribution in [2.45, 2.75) is 43.9 Å². The second-order valence-corrected chi connectivity index (χ2v) is 11.1. The van der Waals surface area contributed by atoms with Crippen molar-refractivity contribution in [1.82, 2.24) is 4.90 Å². The molecule has 0 bridgehead atoms. The van der Waals surface area contributed by atoms with Crippen LogP contribution in [-0.4, -0.2) is 51.3 Å². The first-order valence-electron chi connectivity index (χ1n) is 11.1. The minimum absolute atomic E-state index is 0.122. The fourth-order valence-electron chi connectivity index (χ4n) is 4.56. The SMILES string of the molecule is CC(=O)Nc1ccc(NS(=O)(=O)c2ccc3c(c2)C(C)(C)CN3CC(=O)N2CCCC2)cc1. The maximum absolute atomic E-state index is 13.1. The van der Waals surface area contributed by atoms with Gasteiger partial charge in [0.1, 0.15) is 0 Å². The van der Waals surface area contributed by atoms with Crippen LogP contribution >= 0.6 is 0 Å².